The Kier molecular flexibility index (Phi) is 5.61. The third kappa shape index (κ3) is 5.14. The molecule has 4 rings (SSSR count). The number of benzene rings is 1. The molecule has 2 atom stereocenters. The number of nitrogens with zero attached hydrogens (tertiary/aromatic N) is 3. The Bertz CT molecular complexity index is 738. The Labute approximate surface area is 167 Å². The lowest BCUT2D eigenvalue weighted by Crippen LogP contribution is -2.32. The summed E-state index contributed by atoms with van der Waals surface area (Å²) in [5.74, 6) is 0.426. The molecule has 0 bridgehead atoms. The van der Waals surface area contributed by atoms with E-state index in [9.17, 15) is 18.0 Å². The van der Waals surface area contributed by atoms with Crippen molar-refractivity contribution in [2.24, 2.45) is 11.8 Å². The minimum atomic E-state index is -4.71. The second kappa shape index (κ2) is 8.02. The van der Waals surface area contributed by atoms with Gasteiger partial charge in [0.05, 0.1) is 0 Å². The first-order chi connectivity index (χ1) is 13.7. The van der Waals surface area contributed by atoms with Crippen LogP contribution in [0.2, 0.25) is 0 Å². The van der Waals surface area contributed by atoms with Crippen molar-refractivity contribution in [3.05, 3.63) is 29.3 Å². The molecule has 0 aromatic heterocycles. The van der Waals surface area contributed by atoms with Gasteiger partial charge < -0.3 is 14.7 Å². The van der Waals surface area contributed by atoms with E-state index in [0.717, 1.165) is 50.1 Å². The zero-order valence-electron chi connectivity index (χ0n) is 16.2. The van der Waals surface area contributed by atoms with Crippen LogP contribution in [0, 0.1) is 11.8 Å². The minimum Gasteiger partial charge on any atom is -0.465 e. The second-order valence-electron chi connectivity index (χ2n) is 8.42. The number of hydrogen-bond donors (Lipinski definition) is 1. The topological polar surface area (TPSA) is 56.2 Å². The van der Waals surface area contributed by atoms with Gasteiger partial charge >= 0.3 is 12.5 Å². The molecule has 3 heterocycles. The van der Waals surface area contributed by atoms with E-state index in [1.807, 2.05) is 6.07 Å². The van der Waals surface area contributed by atoms with Gasteiger partial charge in [0.15, 0.2) is 0 Å². The number of amides is 1. The van der Waals surface area contributed by atoms with E-state index < -0.39 is 12.5 Å². The van der Waals surface area contributed by atoms with Crippen molar-refractivity contribution in [3.63, 3.8) is 0 Å². The summed E-state index contributed by atoms with van der Waals surface area (Å²) in [5, 5.41) is 9.14. The molecule has 29 heavy (non-hydrogen) atoms. The van der Waals surface area contributed by atoms with Crippen molar-refractivity contribution in [2.75, 3.05) is 39.3 Å². The monoisotopic (exact) mass is 413 g/mol. The van der Waals surface area contributed by atoms with Gasteiger partial charge in [-0.2, -0.15) is 0 Å². The quantitative estimate of drug-likeness (QED) is 0.803. The van der Waals surface area contributed by atoms with Gasteiger partial charge in [0.1, 0.15) is 5.75 Å². The highest BCUT2D eigenvalue weighted by molar-refractivity contribution is 5.65. The van der Waals surface area contributed by atoms with E-state index in [4.69, 9.17) is 5.11 Å². The number of ether oxygens (including phenoxy) is 1. The number of fused-ring (bicyclic) bond motifs is 1. The predicted molar refractivity (Wildman–Crippen MR) is 99.5 cm³/mol. The molecule has 0 spiro atoms. The molecule has 9 heteroatoms. The normalized spacial score (nSPS) is 25.6. The fourth-order valence-corrected chi connectivity index (χ4v) is 4.94. The van der Waals surface area contributed by atoms with E-state index in [1.54, 1.807) is 0 Å². The van der Waals surface area contributed by atoms with Crippen LogP contribution in [0.3, 0.4) is 0 Å². The highest BCUT2D eigenvalue weighted by atomic mass is 19.4. The number of alkyl halides is 3. The van der Waals surface area contributed by atoms with Crippen LogP contribution in [-0.2, 0) is 13.1 Å². The van der Waals surface area contributed by atoms with Gasteiger partial charge in [-0.15, -0.1) is 13.2 Å². The van der Waals surface area contributed by atoms with Crippen LogP contribution in [0.15, 0.2) is 18.2 Å². The molecule has 3 saturated heterocycles. The van der Waals surface area contributed by atoms with Crippen LogP contribution in [0.4, 0.5) is 18.0 Å². The number of carboxylic acid groups (broad SMARTS) is 1. The molecule has 0 saturated carbocycles. The lowest BCUT2D eigenvalue weighted by atomic mass is 10.0. The lowest BCUT2D eigenvalue weighted by molar-refractivity contribution is -0.274. The summed E-state index contributed by atoms with van der Waals surface area (Å²) in [6.07, 6.45) is -3.35. The lowest BCUT2D eigenvalue weighted by Gasteiger charge is -2.21. The summed E-state index contributed by atoms with van der Waals surface area (Å²) in [6, 6.07) is 4.93. The standard InChI is InChI=1S/C20H26F3N3O3/c21-20(22,23)29-18-6-14(8-24-3-1-2-4-24)5-15(7-18)9-25-10-16-12-26(19(27)28)13-17(16)11-25/h5-7,16-17H,1-4,8-13H2,(H,27,28). The van der Waals surface area contributed by atoms with Crippen LogP contribution >= 0.6 is 0 Å². The Hall–Kier alpha value is -2.00. The molecule has 3 aliphatic heterocycles. The summed E-state index contributed by atoms with van der Waals surface area (Å²) < 4.78 is 42.5. The highest BCUT2D eigenvalue weighted by Gasteiger charge is 2.41. The van der Waals surface area contributed by atoms with Gasteiger partial charge in [0.2, 0.25) is 0 Å². The van der Waals surface area contributed by atoms with E-state index in [0.29, 0.717) is 38.0 Å². The molecule has 3 fully saturated rings. The largest absolute Gasteiger partial charge is 0.573 e. The first kappa shape index (κ1) is 20.3. The van der Waals surface area contributed by atoms with Crippen molar-refractivity contribution in [2.45, 2.75) is 32.3 Å². The third-order valence-corrected chi connectivity index (χ3v) is 6.10. The molecule has 160 valence electrons. The molecule has 2 unspecified atom stereocenters. The summed E-state index contributed by atoms with van der Waals surface area (Å²) in [6.45, 7) is 5.70. The highest BCUT2D eigenvalue weighted by Crippen LogP contribution is 2.33. The van der Waals surface area contributed by atoms with Crippen molar-refractivity contribution < 1.29 is 27.8 Å². The fourth-order valence-electron chi connectivity index (χ4n) is 4.94. The van der Waals surface area contributed by atoms with Gasteiger partial charge in [0, 0.05) is 39.3 Å². The van der Waals surface area contributed by atoms with E-state index in [2.05, 4.69) is 14.5 Å². The maximum atomic E-state index is 12.8. The summed E-state index contributed by atoms with van der Waals surface area (Å²) in [4.78, 5) is 17.1. The number of rotatable bonds is 5. The van der Waals surface area contributed by atoms with Crippen LogP contribution in [0.25, 0.3) is 0 Å². The number of likely N-dealkylation sites (tertiary alicyclic amines) is 3. The van der Waals surface area contributed by atoms with Gasteiger partial charge in [-0.3, -0.25) is 9.80 Å². The average Bonchev–Trinajstić information content (AvgIpc) is 3.29. The van der Waals surface area contributed by atoms with Crippen molar-refractivity contribution >= 4 is 6.09 Å². The number of carbonyl (C=O) groups is 1. The van der Waals surface area contributed by atoms with E-state index in [-0.39, 0.29) is 5.75 Å². The molecule has 6 nitrogen and oxygen atoms in total. The summed E-state index contributed by atoms with van der Waals surface area (Å²) >= 11 is 0. The first-order valence-corrected chi connectivity index (χ1v) is 10.1. The molecule has 0 aliphatic carbocycles. The Morgan fingerprint density at radius 3 is 2.03 bits per heavy atom. The average molecular weight is 413 g/mol. The van der Waals surface area contributed by atoms with Crippen LogP contribution in [0.5, 0.6) is 5.75 Å². The second-order valence-corrected chi connectivity index (χ2v) is 8.42. The molecular weight excluding hydrogens is 387 g/mol. The van der Waals surface area contributed by atoms with Gasteiger partial charge in [-0.25, -0.2) is 4.79 Å². The molecule has 1 amide bonds. The van der Waals surface area contributed by atoms with E-state index >= 15 is 0 Å². The summed E-state index contributed by atoms with van der Waals surface area (Å²) in [5.41, 5.74) is 1.64. The zero-order valence-corrected chi connectivity index (χ0v) is 16.2. The van der Waals surface area contributed by atoms with Gasteiger partial charge in [-0.05, 0) is 61.0 Å². The van der Waals surface area contributed by atoms with Crippen LogP contribution < -0.4 is 4.74 Å². The maximum absolute atomic E-state index is 12.8. The zero-order chi connectivity index (χ0) is 20.6. The minimum absolute atomic E-state index is 0.166. The maximum Gasteiger partial charge on any atom is 0.573 e. The Balaban J connectivity index is 1.44. The molecular formula is C20H26F3N3O3. The van der Waals surface area contributed by atoms with Crippen molar-refractivity contribution in [3.8, 4) is 5.75 Å². The third-order valence-electron chi connectivity index (χ3n) is 6.10. The Morgan fingerprint density at radius 2 is 1.52 bits per heavy atom. The number of halogens is 3. The predicted octanol–water partition coefficient (Wildman–Crippen LogP) is 3.22. The number of hydrogen-bond acceptors (Lipinski definition) is 4. The molecule has 1 aromatic rings. The molecule has 3 aliphatic rings. The SMILES string of the molecule is O=C(O)N1CC2CN(Cc3cc(CN4CCCC4)cc(OC(F)(F)F)c3)CC2C1. The van der Waals surface area contributed by atoms with Gasteiger partial charge in [0.25, 0.3) is 0 Å². The Morgan fingerprint density at radius 1 is 0.966 bits per heavy atom. The first-order valence-electron chi connectivity index (χ1n) is 10.1. The molecule has 1 N–H and O–H groups in total. The fraction of sp³-hybridized carbons (Fsp3) is 0.650. The van der Waals surface area contributed by atoms with Crippen molar-refractivity contribution in [1.82, 2.24) is 14.7 Å². The van der Waals surface area contributed by atoms with Crippen LogP contribution in [-0.4, -0.2) is 71.5 Å². The smallest absolute Gasteiger partial charge is 0.465 e. The van der Waals surface area contributed by atoms with Crippen molar-refractivity contribution in [1.29, 1.82) is 0 Å². The van der Waals surface area contributed by atoms with Crippen LogP contribution in [0.1, 0.15) is 24.0 Å². The van der Waals surface area contributed by atoms with E-state index in [1.165, 1.54) is 17.0 Å². The summed E-state index contributed by atoms with van der Waals surface area (Å²) in [7, 11) is 0. The van der Waals surface area contributed by atoms with Gasteiger partial charge in [-0.1, -0.05) is 6.07 Å². The molecule has 1 aromatic carbocycles. The molecule has 0 radical (unpaired) electrons.